The molecule has 0 spiro atoms. The molecule has 0 radical (unpaired) electrons. The van der Waals surface area contributed by atoms with Crippen LogP contribution in [0.2, 0.25) is 0 Å². The fourth-order valence-corrected chi connectivity index (χ4v) is 3.19. The first-order valence-electron chi connectivity index (χ1n) is 10.6. The maximum Gasteiger partial charge on any atom is 0.226 e. The predicted molar refractivity (Wildman–Crippen MR) is 123 cm³/mol. The number of carbonyl (C=O) groups is 1. The lowest BCUT2D eigenvalue weighted by Gasteiger charge is -2.13. The Kier molecular flexibility index (Phi) is 8.08. The van der Waals surface area contributed by atoms with Gasteiger partial charge in [-0.15, -0.1) is 6.58 Å². The maximum absolute atomic E-state index is 12.7. The molecule has 0 bridgehead atoms. The van der Waals surface area contributed by atoms with Crippen molar-refractivity contribution in [1.29, 1.82) is 0 Å². The molecule has 3 aromatic rings. The SMILES string of the molecule is C=CCCOc1cc(-c2nc(CC(=O)Cc3ccccc3OC(C)C)co2)ccc1OC. The summed E-state index contributed by atoms with van der Waals surface area (Å²) >= 11 is 0. The van der Waals surface area contributed by atoms with E-state index >= 15 is 0 Å². The van der Waals surface area contributed by atoms with Gasteiger partial charge in [0.1, 0.15) is 17.8 Å². The van der Waals surface area contributed by atoms with E-state index in [-0.39, 0.29) is 24.7 Å². The van der Waals surface area contributed by atoms with Gasteiger partial charge in [-0.2, -0.15) is 0 Å². The largest absolute Gasteiger partial charge is 0.493 e. The molecule has 0 aliphatic rings. The maximum atomic E-state index is 12.7. The normalized spacial score (nSPS) is 10.8. The van der Waals surface area contributed by atoms with Gasteiger partial charge in [-0.25, -0.2) is 4.98 Å². The minimum atomic E-state index is 0.0350. The highest BCUT2D eigenvalue weighted by atomic mass is 16.5. The highest BCUT2D eigenvalue weighted by Gasteiger charge is 2.15. The lowest BCUT2D eigenvalue weighted by molar-refractivity contribution is -0.117. The van der Waals surface area contributed by atoms with E-state index in [1.165, 1.54) is 6.26 Å². The number of hydrogen-bond donors (Lipinski definition) is 0. The number of ketones is 1. The topological polar surface area (TPSA) is 70.8 Å². The Morgan fingerprint density at radius 2 is 1.94 bits per heavy atom. The Hall–Kier alpha value is -3.54. The Morgan fingerprint density at radius 1 is 1.12 bits per heavy atom. The number of hydrogen-bond acceptors (Lipinski definition) is 6. The first-order valence-corrected chi connectivity index (χ1v) is 10.6. The van der Waals surface area contributed by atoms with Gasteiger partial charge in [-0.1, -0.05) is 24.3 Å². The second-order valence-electron chi connectivity index (χ2n) is 7.60. The molecule has 6 heteroatoms. The molecule has 32 heavy (non-hydrogen) atoms. The number of carbonyl (C=O) groups excluding carboxylic acids is 1. The van der Waals surface area contributed by atoms with Crippen molar-refractivity contribution in [2.24, 2.45) is 0 Å². The zero-order chi connectivity index (χ0) is 22.9. The van der Waals surface area contributed by atoms with Gasteiger partial charge in [0.05, 0.1) is 31.9 Å². The molecule has 0 N–H and O–H groups in total. The van der Waals surface area contributed by atoms with Crippen LogP contribution in [0.25, 0.3) is 11.5 Å². The lowest BCUT2D eigenvalue weighted by Crippen LogP contribution is -2.11. The Balaban J connectivity index is 1.69. The van der Waals surface area contributed by atoms with Crippen molar-refractivity contribution in [3.63, 3.8) is 0 Å². The zero-order valence-electron chi connectivity index (χ0n) is 18.8. The first kappa shape index (κ1) is 23.1. The van der Waals surface area contributed by atoms with Crippen molar-refractivity contribution in [3.8, 4) is 28.7 Å². The highest BCUT2D eigenvalue weighted by molar-refractivity contribution is 5.83. The minimum Gasteiger partial charge on any atom is -0.493 e. The number of aromatic nitrogens is 1. The Morgan fingerprint density at radius 3 is 2.69 bits per heavy atom. The van der Waals surface area contributed by atoms with Crippen LogP contribution in [0.5, 0.6) is 17.2 Å². The van der Waals surface area contributed by atoms with Crippen molar-refractivity contribution in [2.75, 3.05) is 13.7 Å². The lowest BCUT2D eigenvalue weighted by atomic mass is 10.0. The molecule has 0 unspecified atom stereocenters. The smallest absolute Gasteiger partial charge is 0.226 e. The number of rotatable bonds is 12. The van der Waals surface area contributed by atoms with Gasteiger partial charge in [0.15, 0.2) is 11.5 Å². The minimum absolute atomic E-state index is 0.0350. The van der Waals surface area contributed by atoms with Gasteiger partial charge >= 0.3 is 0 Å². The third kappa shape index (κ3) is 6.23. The molecule has 0 saturated heterocycles. The third-order valence-electron chi connectivity index (χ3n) is 4.64. The quantitative estimate of drug-likeness (QED) is 0.278. The van der Waals surface area contributed by atoms with Crippen LogP contribution in [0, 0.1) is 0 Å². The molecule has 0 saturated carbocycles. The van der Waals surface area contributed by atoms with Crippen molar-refractivity contribution in [1.82, 2.24) is 4.98 Å². The molecule has 0 fully saturated rings. The van der Waals surface area contributed by atoms with Crippen molar-refractivity contribution in [3.05, 3.63) is 72.6 Å². The average Bonchev–Trinajstić information content (AvgIpc) is 3.23. The number of ether oxygens (including phenoxy) is 3. The van der Waals surface area contributed by atoms with Crippen molar-refractivity contribution < 1.29 is 23.4 Å². The van der Waals surface area contributed by atoms with Gasteiger partial charge in [0.2, 0.25) is 5.89 Å². The van der Waals surface area contributed by atoms with Crippen molar-refractivity contribution in [2.45, 2.75) is 39.2 Å². The highest BCUT2D eigenvalue weighted by Crippen LogP contribution is 2.32. The van der Waals surface area contributed by atoms with E-state index < -0.39 is 0 Å². The predicted octanol–water partition coefficient (Wildman–Crippen LogP) is 5.45. The third-order valence-corrected chi connectivity index (χ3v) is 4.64. The summed E-state index contributed by atoms with van der Waals surface area (Å²) in [7, 11) is 1.59. The van der Waals surface area contributed by atoms with Crippen LogP contribution in [0.15, 0.2) is 65.8 Å². The molecule has 1 heterocycles. The molecule has 1 aromatic heterocycles. The standard InChI is InChI=1S/C26H29NO5/c1-5-6-13-30-25-15-20(11-12-24(25)29-4)26-27-21(17-31-26)16-22(28)14-19-9-7-8-10-23(19)32-18(2)3/h5,7-12,15,17-18H,1,6,13-14,16H2,2-4H3. The second-order valence-corrected chi connectivity index (χ2v) is 7.60. The molecule has 2 aromatic carbocycles. The summed E-state index contributed by atoms with van der Waals surface area (Å²) in [6.07, 6.45) is 4.53. The van der Waals surface area contributed by atoms with E-state index in [2.05, 4.69) is 11.6 Å². The van der Waals surface area contributed by atoms with E-state index in [1.54, 1.807) is 19.3 Å². The zero-order valence-corrected chi connectivity index (χ0v) is 18.8. The summed E-state index contributed by atoms with van der Waals surface area (Å²) in [6, 6.07) is 13.1. The Bertz CT molecular complexity index is 1050. The van der Waals surface area contributed by atoms with E-state index in [0.717, 1.165) is 23.3 Å². The van der Waals surface area contributed by atoms with Gasteiger partial charge < -0.3 is 18.6 Å². The average molecular weight is 436 g/mol. The first-order chi connectivity index (χ1) is 15.5. The number of Topliss-reactive ketones (excluding diaryl/α,β-unsaturated/α-hetero) is 1. The van der Waals surface area contributed by atoms with Crippen LogP contribution >= 0.6 is 0 Å². The van der Waals surface area contributed by atoms with Crippen LogP contribution in [0.4, 0.5) is 0 Å². The van der Waals surface area contributed by atoms with Crippen LogP contribution in [-0.2, 0) is 17.6 Å². The van der Waals surface area contributed by atoms with Gasteiger partial charge in [-0.3, -0.25) is 4.79 Å². The van der Waals surface area contributed by atoms with Crippen LogP contribution in [0.3, 0.4) is 0 Å². The van der Waals surface area contributed by atoms with Gasteiger partial charge in [-0.05, 0) is 44.5 Å². The number of benzene rings is 2. The molecule has 0 amide bonds. The van der Waals surface area contributed by atoms with Crippen LogP contribution < -0.4 is 14.2 Å². The van der Waals surface area contributed by atoms with Crippen LogP contribution in [-0.4, -0.2) is 30.6 Å². The van der Waals surface area contributed by atoms with E-state index in [9.17, 15) is 4.79 Å². The molecule has 168 valence electrons. The van der Waals surface area contributed by atoms with Crippen LogP contribution in [0.1, 0.15) is 31.5 Å². The summed E-state index contributed by atoms with van der Waals surface area (Å²) < 4.78 is 22.6. The summed E-state index contributed by atoms with van der Waals surface area (Å²) in [5.41, 5.74) is 2.19. The fraction of sp³-hybridized carbons (Fsp3) is 0.308. The molecule has 3 rings (SSSR count). The number of methoxy groups -OCH3 is 1. The summed E-state index contributed by atoms with van der Waals surface area (Å²) in [5, 5.41) is 0. The summed E-state index contributed by atoms with van der Waals surface area (Å²) in [5.74, 6) is 2.42. The number of oxazole rings is 1. The van der Waals surface area contributed by atoms with Gasteiger partial charge in [0.25, 0.3) is 0 Å². The van der Waals surface area contributed by atoms with Crippen molar-refractivity contribution >= 4 is 5.78 Å². The van der Waals surface area contributed by atoms with E-state index in [4.69, 9.17) is 18.6 Å². The van der Waals surface area contributed by atoms with Gasteiger partial charge in [0, 0.05) is 17.5 Å². The molecular formula is C26H29NO5. The second kappa shape index (κ2) is 11.2. The van der Waals surface area contributed by atoms with E-state index in [1.807, 2.05) is 50.2 Å². The summed E-state index contributed by atoms with van der Waals surface area (Å²) in [6.45, 7) is 8.12. The molecule has 0 atom stereocenters. The number of para-hydroxylation sites is 1. The molecule has 0 aliphatic carbocycles. The monoisotopic (exact) mass is 435 g/mol. The fourth-order valence-electron chi connectivity index (χ4n) is 3.19. The molecule has 0 aliphatic heterocycles. The van der Waals surface area contributed by atoms with E-state index in [0.29, 0.717) is 29.7 Å². The summed E-state index contributed by atoms with van der Waals surface area (Å²) in [4.78, 5) is 17.2. The molecular weight excluding hydrogens is 406 g/mol. The number of nitrogens with zero attached hydrogens (tertiary/aromatic N) is 1. The molecule has 6 nitrogen and oxygen atoms in total. The Labute approximate surface area is 188 Å².